The molecule has 0 aromatic heterocycles. The SMILES string of the molecule is CC(C)Oc1ccc(NC(N)=NCc2ccccc2S(=O)(=O)N(C)C)cc1.I. The number of nitrogens with zero attached hydrogens (tertiary/aromatic N) is 2. The lowest BCUT2D eigenvalue weighted by molar-refractivity contribution is 0.242. The molecule has 0 aliphatic carbocycles. The predicted molar refractivity (Wildman–Crippen MR) is 124 cm³/mol. The summed E-state index contributed by atoms with van der Waals surface area (Å²) in [4.78, 5) is 4.49. The van der Waals surface area contributed by atoms with Gasteiger partial charge in [-0.1, -0.05) is 18.2 Å². The number of anilines is 1. The summed E-state index contributed by atoms with van der Waals surface area (Å²) in [6.07, 6.45) is 0.106. The van der Waals surface area contributed by atoms with Gasteiger partial charge in [-0.25, -0.2) is 17.7 Å². The van der Waals surface area contributed by atoms with Crippen LogP contribution in [0.2, 0.25) is 0 Å². The van der Waals surface area contributed by atoms with Crippen LogP contribution in [0.1, 0.15) is 19.4 Å². The lowest BCUT2D eigenvalue weighted by Crippen LogP contribution is -2.24. The number of guanidine groups is 1. The minimum Gasteiger partial charge on any atom is -0.491 e. The first kappa shape index (κ1) is 24.2. The molecular weight excluding hydrogens is 491 g/mol. The van der Waals surface area contributed by atoms with Crippen molar-refractivity contribution in [2.45, 2.75) is 31.4 Å². The third-order valence-corrected chi connectivity index (χ3v) is 5.57. The molecule has 2 aromatic rings. The van der Waals surface area contributed by atoms with Crippen molar-refractivity contribution in [1.82, 2.24) is 4.31 Å². The van der Waals surface area contributed by atoms with Crippen LogP contribution in [0.3, 0.4) is 0 Å². The number of ether oxygens (including phenoxy) is 1. The van der Waals surface area contributed by atoms with Crippen molar-refractivity contribution in [3.05, 3.63) is 54.1 Å². The van der Waals surface area contributed by atoms with Gasteiger partial charge in [0.2, 0.25) is 10.0 Å². The van der Waals surface area contributed by atoms with E-state index < -0.39 is 10.0 Å². The summed E-state index contributed by atoms with van der Waals surface area (Å²) in [6, 6.07) is 14.1. The Hall–Kier alpha value is -1.85. The number of hydrogen-bond acceptors (Lipinski definition) is 4. The maximum Gasteiger partial charge on any atom is 0.242 e. The first-order chi connectivity index (χ1) is 12.7. The number of nitrogens with two attached hydrogens (primary N) is 1. The van der Waals surface area contributed by atoms with Gasteiger partial charge >= 0.3 is 0 Å². The third-order valence-electron chi connectivity index (χ3n) is 3.65. The van der Waals surface area contributed by atoms with Crippen LogP contribution in [-0.2, 0) is 16.6 Å². The van der Waals surface area contributed by atoms with Crippen molar-refractivity contribution in [1.29, 1.82) is 0 Å². The van der Waals surface area contributed by atoms with Crippen molar-refractivity contribution in [3.63, 3.8) is 0 Å². The van der Waals surface area contributed by atoms with E-state index in [0.717, 1.165) is 11.4 Å². The summed E-state index contributed by atoms with van der Waals surface area (Å²) in [6.45, 7) is 4.08. The zero-order valence-corrected chi connectivity index (χ0v) is 19.6. The molecule has 0 saturated carbocycles. The molecule has 9 heteroatoms. The fourth-order valence-corrected chi connectivity index (χ4v) is 3.44. The molecule has 0 atom stereocenters. The molecule has 0 fully saturated rings. The molecule has 0 unspecified atom stereocenters. The van der Waals surface area contributed by atoms with Gasteiger partial charge in [-0.05, 0) is 49.7 Å². The minimum atomic E-state index is -3.54. The van der Waals surface area contributed by atoms with Gasteiger partial charge in [-0.3, -0.25) is 0 Å². The van der Waals surface area contributed by atoms with Crippen molar-refractivity contribution < 1.29 is 13.2 Å². The van der Waals surface area contributed by atoms with Gasteiger partial charge in [-0.15, -0.1) is 24.0 Å². The Kier molecular flexibility index (Phi) is 9.18. The molecular formula is C19H27IN4O3S. The lowest BCUT2D eigenvalue weighted by atomic mass is 10.2. The molecule has 0 bridgehead atoms. The highest BCUT2D eigenvalue weighted by atomic mass is 127. The summed E-state index contributed by atoms with van der Waals surface area (Å²) in [7, 11) is -0.544. The molecule has 2 aromatic carbocycles. The fourth-order valence-electron chi connectivity index (χ4n) is 2.33. The third kappa shape index (κ3) is 6.64. The summed E-state index contributed by atoms with van der Waals surface area (Å²) < 4.78 is 31.6. The molecule has 0 amide bonds. The maximum atomic E-state index is 12.4. The van der Waals surface area contributed by atoms with Gasteiger partial charge in [0, 0.05) is 19.8 Å². The zero-order valence-electron chi connectivity index (χ0n) is 16.4. The van der Waals surface area contributed by atoms with E-state index >= 15 is 0 Å². The number of sulfonamides is 1. The van der Waals surface area contributed by atoms with Crippen molar-refractivity contribution in [2.24, 2.45) is 10.7 Å². The van der Waals surface area contributed by atoms with Crippen molar-refractivity contribution in [2.75, 3.05) is 19.4 Å². The van der Waals surface area contributed by atoms with E-state index in [1.165, 1.54) is 18.4 Å². The Morgan fingerprint density at radius 1 is 1.14 bits per heavy atom. The quantitative estimate of drug-likeness (QED) is 0.333. The molecule has 154 valence electrons. The molecule has 0 heterocycles. The first-order valence-corrected chi connectivity index (χ1v) is 9.98. The normalized spacial score (nSPS) is 12.0. The van der Waals surface area contributed by atoms with Gasteiger partial charge in [0.05, 0.1) is 17.5 Å². The molecule has 0 aliphatic rings. The smallest absolute Gasteiger partial charge is 0.242 e. The molecule has 0 saturated heterocycles. The number of rotatable bonds is 7. The maximum absolute atomic E-state index is 12.4. The zero-order chi connectivity index (χ0) is 20.0. The van der Waals surface area contributed by atoms with Gasteiger partial charge < -0.3 is 15.8 Å². The predicted octanol–water partition coefficient (Wildman–Crippen LogP) is 3.27. The van der Waals surface area contributed by atoms with E-state index in [1.807, 2.05) is 38.1 Å². The second-order valence-electron chi connectivity index (χ2n) is 6.41. The molecule has 28 heavy (non-hydrogen) atoms. The summed E-state index contributed by atoms with van der Waals surface area (Å²) in [5.41, 5.74) is 7.28. The Balaban J connectivity index is 0.00000392. The Morgan fingerprint density at radius 3 is 2.32 bits per heavy atom. The van der Waals surface area contributed by atoms with E-state index in [-0.39, 0.29) is 47.5 Å². The van der Waals surface area contributed by atoms with E-state index in [1.54, 1.807) is 24.3 Å². The van der Waals surface area contributed by atoms with Crippen molar-refractivity contribution in [3.8, 4) is 5.75 Å². The molecule has 0 radical (unpaired) electrons. The second-order valence-corrected chi connectivity index (χ2v) is 8.53. The number of halogens is 1. The number of nitrogens with one attached hydrogen (secondary N) is 1. The molecule has 2 rings (SSSR count). The van der Waals surface area contributed by atoms with Crippen LogP contribution in [-0.4, -0.2) is 38.9 Å². The fraction of sp³-hybridized carbons (Fsp3) is 0.316. The molecule has 7 nitrogen and oxygen atoms in total. The van der Waals surface area contributed by atoms with Crippen LogP contribution in [0.4, 0.5) is 5.69 Å². The highest BCUT2D eigenvalue weighted by molar-refractivity contribution is 14.0. The van der Waals surface area contributed by atoms with E-state index in [9.17, 15) is 8.42 Å². The van der Waals surface area contributed by atoms with E-state index in [0.29, 0.717) is 5.56 Å². The highest BCUT2D eigenvalue weighted by Crippen LogP contribution is 2.20. The number of aliphatic imine (C=N–C) groups is 1. The summed E-state index contributed by atoms with van der Waals surface area (Å²) in [5.74, 6) is 0.971. The second kappa shape index (κ2) is 10.6. The largest absolute Gasteiger partial charge is 0.491 e. The standard InChI is InChI=1S/C19H26N4O3S.HI/c1-14(2)26-17-11-9-16(10-12-17)22-19(20)21-13-15-7-5-6-8-18(15)27(24,25)23(3)4;/h5-12,14H,13H2,1-4H3,(H3,20,21,22);1H. The average molecular weight is 518 g/mol. The molecule has 3 N–H and O–H groups in total. The van der Waals surface area contributed by atoms with Gasteiger partial charge in [0.1, 0.15) is 5.75 Å². The summed E-state index contributed by atoms with van der Waals surface area (Å²) in [5, 5.41) is 2.99. The molecule has 0 aliphatic heterocycles. The minimum absolute atomic E-state index is 0. The number of benzene rings is 2. The number of hydrogen-bond donors (Lipinski definition) is 2. The Labute approximate surface area is 184 Å². The first-order valence-electron chi connectivity index (χ1n) is 8.54. The topological polar surface area (TPSA) is 97.0 Å². The van der Waals surface area contributed by atoms with Gasteiger partial charge in [-0.2, -0.15) is 0 Å². The van der Waals surface area contributed by atoms with Crippen LogP contribution in [0, 0.1) is 0 Å². The van der Waals surface area contributed by atoms with Crippen LogP contribution < -0.4 is 15.8 Å². The van der Waals surface area contributed by atoms with Crippen LogP contribution in [0.15, 0.2) is 58.4 Å². The van der Waals surface area contributed by atoms with Crippen LogP contribution >= 0.6 is 24.0 Å². The Morgan fingerprint density at radius 2 is 1.75 bits per heavy atom. The van der Waals surface area contributed by atoms with Gasteiger partial charge in [0.15, 0.2) is 5.96 Å². The van der Waals surface area contributed by atoms with E-state index in [4.69, 9.17) is 10.5 Å². The van der Waals surface area contributed by atoms with Crippen LogP contribution in [0.5, 0.6) is 5.75 Å². The van der Waals surface area contributed by atoms with E-state index in [2.05, 4.69) is 10.3 Å². The molecule has 0 spiro atoms. The lowest BCUT2D eigenvalue weighted by Gasteiger charge is -2.14. The van der Waals surface area contributed by atoms with Crippen molar-refractivity contribution >= 4 is 45.6 Å². The monoisotopic (exact) mass is 518 g/mol. The Bertz CT molecular complexity index is 898. The average Bonchev–Trinajstić information content (AvgIpc) is 2.61. The highest BCUT2D eigenvalue weighted by Gasteiger charge is 2.20. The van der Waals surface area contributed by atoms with Crippen LogP contribution in [0.25, 0.3) is 0 Å². The van der Waals surface area contributed by atoms with Gasteiger partial charge in [0.25, 0.3) is 0 Å². The summed E-state index contributed by atoms with van der Waals surface area (Å²) >= 11 is 0.